The van der Waals surface area contributed by atoms with Crippen LogP contribution in [0.5, 0.6) is 17.4 Å². The summed E-state index contributed by atoms with van der Waals surface area (Å²) in [4.78, 5) is 19.5. The number of rotatable bonds is 6. The van der Waals surface area contributed by atoms with E-state index in [2.05, 4.69) is 33.4 Å². The Bertz CT molecular complexity index is 1060. The Kier molecular flexibility index (Phi) is 6.03. The number of nitrogens with zero attached hydrogens (tertiary/aromatic N) is 2. The molecule has 1 amide bonds. The fraction of sp³-hybridized carbons (Fsp3) is 0.308. The third-order valence-electron chi connectivity index (χ3n) is 6.09. The minimum absolute atomic E-state index is 0.0277. The summed E-state index contributed by atoms with van der Waals surface area (Å²) in [5, 5.41) is 3.01. The highest BCUT2D eigenvalue weighted by Gasteiger charge is 2.25. The number of aromatic nitrogens is 1. The van der Waals surface area contributed by atoms with E-state index in [1.807, 2.05) is 36.4 Å². The van der Waals surface area contributed by atoms with Gasteiger partial charge in [-0.2, -0.15) is 0 Å². The smallest absolute Gasteiger partial charge is 0.227 e. The summed E-state index contributed by atoms with van der Waals surface area (Å²) < 4.78 is 11.3. The minimum atomic E-state index is 0.0277. The first-order valence-electron chi connectivity index (χ1n) is 11.2. The number of piperidine rings is 1. The predicted octanol–water partition coefficient (Wildman–Crippen LogP) is 4.66. The summed E-state index contributed by atoms with van der Waals surface area (Å²) in [6.07, 6.45) is 4.37. The van der Waals surface area contributed by atoms with Gasteiger partial charge in [-0.3, -0.25) is 9.69 Å². The highest BCUT2D eigenvalue weighted by Crippen LogP contribution is 2.27. The van der Waals surface area contributed by atoms with E-state index in [-0.39, 0.29) is 11.8 Å². The number of ether oxygens (including phenoxy) is 2. The van der Waals surface area contributed by atoms with Gasteiger partial charge in [0.25, 0.3) is 0 Å². The topological polar surface area (TPSA) is 63.7 Å². The molecule has 2 aliphatic rings. The number of amides is 1. The normalized spacial score (nSPS) is 16.2. The van der Waals surface area contributed by atoms with E-state index >= 15 is 0 Å². The van der Waals surface area contributed by atoms with Crippen molar-refractivity contribution >= 4 is 11.6 Å². The molecule has 3 aromatic rings. The van der Waals surface area contributed by atoms with Crippen LogP contribution in [0.4, 0.5) is 5.69 Å². The van der Waals surface area contributed by atoms with E-state index in [0.717, 1.165) is 57.0 Å². The van der Waals surface area contributed by atoms with Gasteiger partial charge in [-0.05, 0) is 61.3 Å². The number of carbonyl (C=O) groups is 1. The molecule has 0 bridgehead atoms. The maximum atomic E-state index is 12.7. The van der Waals surface area contributed by atoms with Crippen LogP contribution in [0.25, 0.3) is 0 Å². The lowest BCUT2D eigenvalue weighted by atomic mass is 9.95. The molecule has 0 radical (unpaired) electrons. The number of nitrogens with one attached hydrogen (secondary N) is 1. The molecule has 6 nitrogen and oxygen atoms in total. The van der Waals surface area contributed by atoms with Gasteiger partial charge in [0.05, 0.1) is 18.5 Å². The van der Waals surface area contributed by atoms with Crippen molar-refractivity contribution < 1.29 is 14.3 Å². The van der Waals surface area contributed by atoms with Crippen molar-refractivity contribution in [2.45, 2.75) is 25.8 Å². The van der Waals surface area contributed by atoms with E-state index in [1.165, 1.54) is 11.1 Å². The molecule has 0 unspecified atom stereocenters. The Labute approximate surface area is 188 Å². The maximum Gasteiger partial charge on any atom is 0.227 e. The molecule has 1 fully saturated rings. The van der Waals surface area contributed by atoms with Crippen LogP contribution in [0.1, 0.15) is 24.0 Å². The molecule has 2 aromatic carbocycles. The molecule has 164 valence electrons. The Morgan fingerprint density at radius 2 is 1.94 bits per heavy atom. The lowest BCUT2D eigenvalue weighted by Crippen LogP contribution is -2.37. The first-order chi connectivity index (χ1) is 15.7. The molecular weight excluding hydrogens is 402 g/mol. The van der Waals surface area contributed by atoms with Crippen LogP contribution in [0.2, 0.25) is 0 Å². The van der Waals surface area contributed by atoms with Gasteiger partial charge < -0.3 is 14.8 Å². The van der Waals surface area contributed by atoms with Gasteiger partial charge in [-0.15, -0.1) is 0 Å². The zero-order valence-electron chi connectivity index (χ0n) is 18.0. The summed E-state index contributed by atoms with van der Waals surface area (Å²) in [5.41, 5.74) is 3.32. The lowest BCUT2D eigenvalue weighted by Gasteiger charge is -2.31. The number of pyridine rings is 1. The summed E-state index contributed by atoms with van der Waals surface area (Å²) in [7, 11) is 0. The van der Waals surface area contributed by atoms with Crippen LogP contribution in [0.15, 0.2) is 66.9 Å². The summed E-state index contributed by atoms with van der Waals surface area (Å²) in [6, 6.07) is 19.6. The first kappa shape index (κ1) is 20.5. The van der Waals surface area contributed by atoms with Crippen molar-refractivity contribution in [2.24, 2.45) is 5.92 Å². The molecule has 3 heterocycles. The van der Waals surface area contributed by atoms with Crippen molar-refractivity contribution in [1.29, 1.82) is 0 Å². The molecule has 1 N–H and O–H groups in total. The highest BCUT2D eigenvalue weighted by molar-refractivity contribution is 5.92. The van der Waals surface area contributed by atoms with Gasteiger partial charge in [-0.1, -0.05) is 30.3 Å². The number of hydrogen-bond donors (Lipinski definition) is 1. The average molecular weight is 430 g/mol. The van der Waals surface area contributed by atoms with E-state index in [0.29, 0.717) is 11.6 Å². The summed E-state index contributed by atoms with van der Waals surface area (Å²) in [6.45, 7) is 3.56. The van der Waals surface area contributed by atoms with Crippen molar-refractivity contribution in [3.8, 4) is 17.4 Å². The Hall–Kier alpha value is -3.38. The number of benzene rings is 2. The number of hydrogen-bond acceptors (Lipinski definition) is 5. The zero-order chi connectivity index (χ0) is 21.8. The molecule has 0 spiro atoms. The van der Waals surface area contributed by atoms with Crippen molar-refractivity contribution in [2.75, 3.05) is 25.0 Å². The molecular formula is C26H27N3O3. The summed E-state index contributed by atoms with van der Waals surface area (Å²) in [5.74, 6) is 2.36. The molecule has 32 heavy (non-hydrogen) atoms. The predicted molar refractivity (Wildman–Crippen MR) is 123 cm³/mol. The van der Waals surface area contributed by atoms with Crippen LogP contribution < -0.4 is 14.8 Å². The van der Waals surface area contributed by atoms with Crippen LogP contribution in [0, 0.1) is 5.92 Å². The fourth-order valence-electron chi connectivity index (χ4n) is 4.32. The molecule has 0 saturated carbocycles. The van der Waals surface area contributed by atoms with Gasteiger partial charge in [-0.25, -0.2) is 4.98 Å². The van der Waals surface area contributed by atoms with Gasteiger partial charge in [0.15, 0.2) is 0 Å². The second-order valence-electron chi connectivity index (χ2n) is 8.38. The van der Waals surface area contributed by atoms with Gasteiger partial charge >= 0.3 is 0 Å². The molecule has 5 rings (SSSR count). The largest absolute Gasteiger partial charge is 0.493 e. The van der Waals surface area contributed by atoms with E-state index < -0.39 is 0 Å². The molecule has 6 heteroatoms. The molecule has 0 aliphatic carbocycles. The third kappa shape index (κ3) is 4.92. The quantitative estimate of drug-likeness (QED) is 0.618. The number of anilines is 1. The second-order valence-corrected chi connectivity index (χ2v) is 8.38. The second kappa shape index (κ2) is 9.40. The number of likely N-dealkylation sites (tertiary alicyclic amines) is 1. The fourth-order valence-corrected chi connectivity index (χ4v) is 4.32. The van der Waals surface area contributed by atoms with Crippen LogP contribution in [-0.4, -0.2) is 35.5 Å². The zero-order valence-corrected chi connectivity index (χ0v) is 18.0. The number of fused-ring (bicyclic) bond motifs is 1. The molecule has 1 aromatic heterocycles. The third-order valence-corrected chi connectivity index (χ3v) is 6.09. The van der Waals surface area contributed by atoms with Crippen molar-refractivity contribution in [3.05, 3.63) is 78.0 Å². The number of para-hydroxylation sites is 1. The van der Waals surface area contributed by atoms with Crippen molar-refractivity contribution in [1.82, 2.24) is 9.88 Å². The Morgan fingerprint density at radius 3 is 2.72 bits per heavy atom. The van der Waals surface area contributed by atoms with Crippen LogP contribution in [0.3, 0.4) is 0 Å². The summed E-state index contributed by atoms with van der Waals surface area (Å²) >= 11 is 0. The monoisotopic (exact) mass is 429 g/mol. The lowest BCUT2D eigenvalue weighted by molar-refractivity contribution is -0.121. The average Bonchev–Trinajstić information content (AvgIpc) is 3.29. The van der Waals surface area contributed by atoms with Crippen molar-refractivity contribution in [3.63, 3.8) is 0 Å². The minimum Gasteiger partial charge on any atom is -0.493 e. The molecule has 0 atom stereocenters. The van der Waals surface area contributed by atoms with Gasteiger partial charge in [0.2, 0.25) is 11.8 Å². The van der Waals surface area contributed by atoms with E-state index in [1.54, 1.807) is 12.3 Å². The first-order valence-corrected chi connectivity index (χ1v) is 11.2. The maximum absolute atomic E-state index is 12.7. The Morgan fingerprint density at radius 1 is 1.09 bits per heavy atom. The standard InChI is InChI=1S/C26H27N3O3/c30-26(28-22-7-9-25(27-17-22)32-23-4-2-1-3-5-23)20-10-13-29(14-11-20)18-19-6-8-24-21(16-19)12-15-31-24/h1-9,16-17,20H,10-15,18H2,(H,28,30). The van der Waals surface area contributed by atoms with Crippen LogP contribution in [-0.2, 0) is 17.8 Å². The van der Waals surface area contributed by atoms with E-state index in [9.17, 15) is 4.79 Å². The van der Waals surface area contributed by atoms with E-state index in [4.69, 9.17) is 9.47 Å². The van der Waals surface area contributed by atoms with Gasteiger partial charge in [0, 0.05) is 24.9 Å². The highest BCUT2D eigenvalue weighted by atomic mass is 16.5. The molecule has 1 saturated heterocycles. The Balaban J connectivity index is 1.10. The SMILES string of the molecule is O=C(Nc1ccc(Oc2ccccc2)nc1)C1CCN(Cc2ccc3c(c2)CCO3)CC1. The van der Waals surface area contributed by atoms with Gasteiger partial charge in [0.1, 0.15) is 11.5 Å². The molecule has 2 aliphatic heterocycles. The van der Waals surface area contributed by atoms with Crippen LogP contribution >= 0.6 is 0 Å². The number of carbonyl (C=O) groups excluding carboxylic acids is 1.